The Kier molecular flexibility index (Phi) is 5.79. The highest BCUT2D eigenvalue weighted by atomic mass is 79.9. The lowest BCUT2D eigenvalue weighted by Gasteiger charge is -2.37. The molecule has 1 nitrogen and oxygen atoms in total. The third-order valence-electron chi connectivity index (χ3n) is 4.28. The highest BCUT2D eigenvalue weighted by Gasteiger charge is 2.31. The van der Waals surface area contributed by atoms with E-state index in [2.05, 4.69) is 70.5 Å². The summed E-state index contributed by atoms with van der Waals surface area (Å²) in [7, 11) is 0. The van der Waals surface area contributed by atoms with Crippen molar-refractivity contribution in [2.75, 3.05) is 12.8 Å². The van der Waals surface area contributed by atoms with Crippen LogP contribution in [-0.4, -0.2) is 17.5 Å². The normalized spacial score (nSPS) is 20.2. The van der Waals surface area contributed by atoms with E-state index < -0.39 is 0 Å². The van der Waals surface area contributed by atoms with Crippen molar-refractivity contribution in [2.45, 2.75) is 49.8 Å². The number of hydrogen-bond donors (Lipinski definition) is 1. The van der Waals surface area contributed by atoms with Crippen LogP contribution in [0.3, 0.4) is 0 Å². The maximum Gasteiger partial charge on any atom is 0.0292 e. The predicted molar refractivity (Wildman–Crippen MR) is 89.9 cm³/mol. The minimum Gasteiger partial charge on any atom is -0.309 e. The van der Waals surface area contributed by atoms with Crippen molar-refractivity contribution in [2.24, 2.45) is 0 Å². The molecular weight excluding hydrogens is 318 g/mol. The molecule has 0 radical (unpaired) electrons. The molecule has 1 aliphatic carbocycles. The van der Waals surface area contributed by atoms with Gasteiger partial charge in [0.25, 0.3) is 0 Å². The Morgan fingerprint density at radius 3 is 2.68 bits per heavy atom. The van der Waals surface area contributed by atoms with Crippen molar-refractivity contribution in [3.63, 3.8) is 0 Å². The Hall–Kier alpha value is 0.01000. The van der Waals surface area contributed by atoms with Gasteiger partial charge >= 0.3 is 0 Å². The molecule has 1 fully saturated rings. The summed E-state index contributed by atoms with van der Waals surface area (Å²) in [6, 6.07) is 9.03. The Labute approximate surface area is 130 Å². The molecule has 19 heavy (non-hydrogen) atoms. The molecule has 1 atom stereocenters. The van der Waals surface area contributed by atoms with Gasteiger partial charge in [-0.05, 0) is 43.7 Å². The third kappa shape index (κ3) is 4.24. The van der Waals surface area contributed by atoms with Crippen molar-refractivity contribution < 1.29 is 0 Å². The first-order valence-electron chi connectivity index (χ1n) is 7.19. The van der Waals surface area contributed by atoms with E-state index in [0.717, 1.165) is 11.0 Å². The summed E-state index contributed by atoms with van der Waals surface area (Å²) in [5.41, 5.74) is 1.36. The van der Waals surface area contributed by atoms with Gasteiger partial charge in [-0.2, -0.15) is 11.8 Å². The molecule has 3 heteroatoms. The number of rotatable bonds is 5. The summed E-state index contributed by atoms with van der Waals surface area (Å²) in [5, 5.41) is 3.75. The van der Waals surface area contributed by atoms with E-state index >= 15 is 0 Å². The monoisotopic (exact) mass is 341 g/mol. The molecule has 0 saturated heterocycles. The van der Waals surface area contributed by atoms with Crippen LogP contribution in [0.1, 0.15) is 50.6 Å². The predicted octanol–water partition coefficient (Wildman–Crippen LogP) is 5.17. The minimum atomic E-state index is 0.420. The largest absolute Gasteiger partial charge is 0.309 e. The van der Waals surface area contributed by atoms with Gasteiger partial charge in [-0.15, -0.1) is 0 Å². The molecule has 0 amide bonds. The van der Waals surface area contributed by atoms with Crippen LogP contribution in [0.15, 0.2) is 28.7 Å². The summed E-state index contributed by atoms with van der Waals surface area (Å²) >= 11 is 5.61. The van der Waals surface area contributed by atoms with Crippen molar-refractivity contribution in [1.29, 1.82) is 0 Å². The second-order valence-corrected chi connectivity index (χ2v) is 7.80. The Balaban J connectivity index is 1.93. The van der Waals surface area contributed by atoms with Gasteiger partial charge in [0.1, 0.15) is 0 Å². The first kappa shape index (κ1) is 15.4. The Morgan fingerprint density at radius 1 is 1.32 bits per heavy atom. The molecular formula is C16H24BrNS. The van der Waals surface area contributed by atoms with Crippen LogP contribution in [0.2, 0.25) is 0 Å². The van der Waals surface area contributed by atoms with E-state index in [0.29, 0.717) is 10.8 Å². The van der Waals surface area contributed by atoms with E-state index in [-0.39, 0.29) is 0 Å². The Morgan fingerprint density at radius 2 is 2.05 bits per heavy atom. The van der Waals surface area contributed by atoms with Crippen LogP contribution in [0.25, 0.3) is 0 Å². The lowest BCUT2D eigenvalue weighted by molar-refractivity contribution is 0.367. The summed E-state index contributed by atoms with van der Waals surface area (Å²) < 4.78 is 1.63. The zero-order valence-electron chi connectivity index (χ0n) is 11.9. The molecule has 106 valence electrons. The van der Waals surface area contributed by atoms with Crippen LogP contribution >= 0.6 is 27.7 Å². The molecule has 0 aromatic heterocycles. The third-order valence-corrected chi connectivity index (χ3v) is 6.19. The van der Waals surface area contributed by atoms with Gasteiger partial charge in [-0.3, -0.25) is 0 Å². The minimum absolute atomic E-state index is 0.420. The SMILES string of the molecule is CSC1(CNC(C)c2cccc(Br)c2)CCCCC1. The Bertz CT molecular complexity index is 401. The van der Waals surface area contributed by atoms with Gasteiger partial charge in [-0.25, -0.2) is 0 Å². The maximum atomic E-state index is 3.75. The molecule has 0 aliphatic heterocycles. The molecule has 1 aromatic rings. The second-order valence-electron chi connectivity index (χ2n) is 5.61. The highest BCUT2D eigenvalue weighted by molar-refractivity contribution is 9.10. The van der Waals surface area contributed by atoms with Crippen LogP contribution in [-0.2, 0) is 0 Å². The molecule has 0 bridgehead atoms. The fraction of sp³-hybridized carbons (Fsp3) is 0.625. The fourth-order valence-electron chi connectivity index (χ4n) is 2.88. The average molecular weight is 342 g/mol. The molecule has 1 saturated carbocycles. The van der Waals surface area contributed by atoms with Gasteiger partial charge in [0.2, 0.25) is 0 Å². The molecule has 1 unspecified atom stereocenters. The first-order valence-corrected chi connectivity index (χ1v) is 9.21. The zero-order chi connectivity index (χ0) is 13.7. The van der Waals surface area contributed by atoms with Gasteiger partial charge in [-0.1, -0.05) is 47.3 Å². The molecule has 2 rings (SSSR count). The van der Waals surface area contributed by atoms with Gasteiger partial charge < -0.3 is 5.32 Å². The smallest absolute Gasteiger partial charge is 0.0292 e. The van der Waals surface area contributed by atoms with Gasteiger partial charge in [0.15, 0.2) is 0 Å². The molecule has 1 aromatic carbocycles. The van der Waals surface area contributed by atoms with E-state index in [1.165, 1.54) is 37.7 Å². The zero-order valence-corrected chi connectivity index (χ0v) is 14.3. The number of hydrogen-bond acceptors (Lipinski definition) is 2. The van der Waals surface area contributed by atoms with Crippen LogP contribution in [0, 0.1) is 0 Å². The lowest BCUT2D eigenvalue weighted by Crippen LogP contribution is -2.40. The summed E-state index contributed by atoms with van der Waals surface area (Å²) in [6.45, 7) is 3.39. The van der Waals surface area contributed by atoms with Gasteiger partial charge in [0, 0.05) is 21.8 Å². The highest BCUT2D eigenvalue weighted by Crippen LogP contribution is 2.38. The molecule has 1 aliphatic rings. The summed E-state index contributed by atoms with van der Waals surface area (Å²) in [5.74, 6) is 0. The van der Waals surface area contributed by atoms with Crippen molar-refractivity contribution in [3.05, 3.63) is 34.3 Å². The molecule has 1 N–H and O–H groups in total. The fourth-order valence-corrected chi connectivity index (χ4v) is 4.22. The van der Waals surface area contributed by atoms with Gasteiger partial charge in [0.05, 0.1) is 0 Å². The maximum absolute atomic E-state index is 3.75. The van der Waals surface area contributed by atoms with Crippen LogP contribution in [0.5, 0.6) is 0 Å². The van der Waals surface area contributed by atoms with E-state index in [9.17, 15) is 0 Å². The number of halogens is 1. The number of benzene rings is 1. The lowest BCUT2D eigenvalue weighted by atomic mass is 9.88. The number of nitrogens with one attached hydrogen (secondary N) is 1. The van der Waals surface area contributed by atoms with Crippen molar-refractivity contribution in [1.82, 2.24) is 5.32 Å². The summed E-state index contributed by atoms with van der Waals surface area (Å²) in [4.78, 5) is 0. The topological polar surface area (TPSA) is 12.0 Å². The van der Waals surface area contributed by atoms with Crippen LogP contribution in [0.4, 0.5) is 0 Å². The van der Waals surface area contributed by atoms with Crippen molar-refractivity contribution >= 4 is 27.7 Å². The van der Waals surface area contributed by atoms with E-state index in [4.69, 9.17) is 0 Å². The first-order chi connectivity index (χ1) is 9.15. The molecule has 0 heterocycles. The van der Waals surface area contributed by atoms with E-state index in [1.54, 1.807) is 0 Å². The molecule has 0 spiro atoms. The van der Waals surface area contributed by atoms with E-state index in [1.807, 2.05) is 0 Å². The standard InChI is InChI=1S/C16H24BrNS/c1-13(14-7-6-8-15(17)11-14)18-12-16(19-2)9-4-3-5-10-16/h6-8,11,13,18H,3-5,9-10,12H2,1-2H3. The van der Waals surface area contributed by atoms with Crippen molar-refractivity contribution in [3.8, 4) is 0 Å². The number of thioether (sulfide) groups is 1. The van der Waals surface area contributed by atoms with Crippen LogP contribution < -0.4 is 5.32 Å². The second kappa shape index (κ2) is 7.14. The summed E-state index contributed by atoms with van der Waals surface area (Å²) in [6.07, 6.45) is 9.22. The quantitative estimate of drug-likeness (QED) is 0.793. The average Bonchev–Trinajstić information content (AvgIpc) is 2.46.